The number of fused-ring (bicyclic) bond motifs is 1. The number of benzene rings is 1. The number of aromatic nitrogens is 3. The summed E-state index contributed by atoms with van der Waals surface area (Å²) in [5, 5.41) is 6.13. The molecule has 4 rings (SSSR count). The van der Waals surface area contributed by atoms with Crippen LogP contribution in [0.2, 0.25) is 10.0 Å². The van der Waals surface area contributed by atoms with Crippen molar-refractivity contribution in [3.63, 3.8) is 0 Å². The van der Waals surface area contributed by atoms with E-state index >= 15 is 0 Å². The number of nitrogens with zero attached hydrogens (tertiary/aromatic N) is 3. The van der Waals surface area contributed by atoms with E-state index in [1.165, 1.54) is 0 Å². The molecular weight excluding hydrogens is 461 g/mol. The highest BCUT2D eigenvalue weighted by Crippen LogP contribution is 2.37. The van der Waals surface area contributed by atoms with Crippen molar-refractivity contribution in [3.8, 4) is 9.88 Å². The van der Waals surface area contributed by atoms with Gasteiger partial charge in [-0.2, -0.15) is 0 Å². The van der Waals surface area contributed by atoms with Gasteiger partial charge in [-0.15, -0.1) is 11.3 Å². The molecule has 10 heteroatoms. The molecule has 0 unspecified atom stereocenters. The predicted molar refractivity (Wildman–Crippen MR) is 126 cm³/mol. The zero-order valence-corrected chi connectivity index (χ0v) is 19.2. The zero-order chi connectivity index (χ0) is 21.1. The van der Waals surface area contributed by atoms with Gasteiger partial charge in [-0.25, -0.2) is 9.97 Å². The Morgan fingerprint density at radius 2 is 2.03 bits per heavy atom. The first-order valence-corrected chi connectivity index (χ1v) is 11.6. The fourth-order valence-electron chi connectivity index (χ4n) is 2.97. The number of anilines is 1. The maximum absolute atomic E-state index is 6.30. The van der Waals surface area contributed by atoms with Gasteiger partial charge in [0.15, 0.2) is 5.13 Å². The van der Waals surface area contributed by atoms with Crippen LogP contribution in [-0.4, -0.2) is 34.6 Å². The molecule has 0 spiro atoms. The SMILES string of the molecule is COCc1nc(NC[C@@H](N)Cc2ccc(Cl)c(Cl)c2)sc1-c1nc2ccncc2s1. The Labute approximate surface area is 192 Å². The van der Waals surface area contributed by atoms with Gasteiger partial charge in [-0.05, 0) is 30.2 Å². The van der Waals surface area contributed by atoms with E-state index in [4.69, 9.17) is 43.6 Å². The first-order valence-electron chi connectivity index (χ1n) is 9.16. The molecular formula is C20H19Cl2N5OS2. The fraction of sp³-hybridized carbons (Fsp3) is 0.250. The number of methoxy groups -OCH3 is 1. The van der Waals surface area contributed by atoms with Gasteiger partial charge in [0.2, 0.25) is 0 Å². The van der Waals surface area contributed by atoms with Crippen LogP contribution in [0.15, 0.2) is 36.7 Å². The third-order valence-corrected chi connectivity index (χ3v) is 7.31. The number of thiazole rings is 2. The maximum atomic E-state index is 6.30. The number of nitrogens with two attached hydrogens (primary N) is 1. The normalized spacial score (nSPS) is 12.4. The van der Waals surface area contributed by atoms with Crippen molar-refractivity contribution >= 4 is 61.2 Å². The lowest BCUT2D eigenvalue weighted by Gasteiger charge is -2.12. The van der Waals surface area contributed by atoms with Gasteiger partial charge in [0, 0.05) is 32.1 Å². The molecule has 3 heterocycles. The Balaban J connectivity index is 1.47. The van der Waals surface area contributed by atoms with E-state index in [-0.39, 0.29) is 6.04 Å². The summed E-state index contributed by atoms with van der Waals surface area (Å²) in [5.41, 5.74) is 9.13. The van der Waals surface area contributed by atoms with Crippen molar-refractivity contribution in [2.24, 2.45) is 5.73 Å². The van der Waals surface area contributed by atoms with Crippen LogP contribution in [0.4, 0.5) is 5.13 Å². The van der Waals surface area contributed by atoms with Crippen LogP contribution < -0.4 is 11.1 Å². The van der Waals surface area contributed by atoms with Crippen LogP contribution in [0.3, 0.4) is 0 Å². The summed E-state index contributed by atoms with van der Waals surface area (Å²) in [6.45, 7) is 0.987. The molecule has 0 saturated carbocycles. The second-order valence-electron chi connectivity index (χ2n) is 6.68. The number of halogens is 2. The number of pyridine rings is 1. The highest BCUT2D eigenvalue weighted by atomic mass is 35.5. The van der Waals surface area contributed by atoms with Crippen molar-refractivity contribution < 1.29 is 4.74 Å². The fourth-order valence-corrected chi connectivity index (χ4v) is 5.29. The van der Waals surface area contributed by atoms with Crippen LogP contribution in [0, 0.1) is 0 Å². The molecule has 0 fully saturated rings. The van der Waals surface area contributed by atoms with Crippen LogP contribution in [-0.2, 0) is 17.8 Å². The predicted octanol–water partition coefficient (Wildman–Crippen LogP) is 5.25. The molecule has 0 amide bonds. The van der Waals surface area contributed by atoms with Gasteiger partial charge in [0.05, 0.1) is 37.4 Å². The third-order valence-electron chi connectivity index (χ3n) is 4.36. The smallest absolute Gasteiger partial charge is 0.183 e. The Hall–Kier alpha value is -1.81. The zero-order valence-electron chi connectivity index (χ0n) is 16.1. The van der Waals surface area contributed by atoms with Crippen LogP contribution in [0.25, 0.3) is 20.1 Å². The minimum absolute atomic E-state index is 0.103. The van der Waals surface area contributed by atoms with Crippen molar-refractivity contribution in [2.45, 2.75) is 19.1 Å². The minimum atomic E-state index is -0.103. The summed E-state index contributed by atoms with van der Waals surface area (Å²) in [5.74, 6) is 0. The molecule has 30 heavy (non-hydrogen) atoms. The van der Waals surface area contributed by atoms with Crippen molar-refractivity contribution in [1.29, 1.82) is 0 Å². The van der Waals surface area contributed by atoms with Crippen LogP contribution in [0.1, 0.15) is 11.3 Å². The highest BCUT2D eigenvalue weighted by Gasteiger charge is 2.17. The summed E-state index contributed by atoms with van der Waals surface area (Å²) in [7, 11) is 1.66. The first-order chi connectivity index (χ1) is 14.5. The van der Waals surface area contributed by atoms with Gasteiger partial charge in [0.1, 0.15) is 5.01 Å². The number of nitrogens with one attached hydrogen (secondary N) is 1. The lowest BCUT2D eigenvalue weighted by molar-refractivity contribution is 0.182. The molecule has 0 radical (unpaired) electrons. The summed E-state index contributed by atoms with van der Waals surface area (Å²) in [6.07, 6.45) is 4.25. The molecule has 156 valence electrons. The second-order valence-corrected chi connectivity index (χ2v) is 9.53. The van der Waals surface area contributed by atoms with Crippen molar-refractivity contribution in [2.75, 3.05) is 19.0 Å². The molecule has 6 nitrogen and oxygen atoms in total. The molecule has 0 bridgehead atoms. The van der Waals surface area contributed by atoms with Gasteiger partial charge in [0.25, 0.3) is 0 Å². The molecule has 1 atom stereocenters. The Morgan fingerprint density at radius 1 is 1.17 bits per heavy atom. The minimum Gasteiger partial charge on any atom is -0.378 e. The topological polar surface area (TPSA) is 86.0 Å². The quantitative estimate of drug-likeness (QED) is 0.358. The lowest BCUT2D eigenvalue weighted by Crippen LogP contribution is -2.31. The number of hydrogen-bond acceptors (Lipinski definition) is 8. The average molecular weight is 480 g/mol. The van der Waals surface area contributed by atoms with E-state index in [0.717, 1.165) is 36.5 Å². The molecule has 0 aliphatic rings. The molecule has 1 aromatic carbocycles. The van der Waals surface area contributed by atoms with Gasteiger partial charge in [-0.3, -0.25) is 4.98 Å². The standard InChI is InChI=1S/C20H19Cl2N5OS2/c1-28-10-16-18(19-26-15-4-5-24-9-17(15)29-19)30-20(27-16)25-8-12(23)6-11-2-3-13(21)14(22)7-11/h2-5,7,9,12H,6,8,10,23H2,1H3,(H,25,27)/t12-/m0/s1. The molecule has 0 saturated heterocycles. The Kier molecular flexibility index (Phi) is 6.82. The van der Waals surface area contributed by atoms with Crippen molar-refractivity contribution in [1.82, 2.24) is 15.0 Å². The lowest BCUT2D eigenvalue weighted by atomic mass is 10.1. The van der Waals surface area contributed by atoms with Gasteiger partial charge in [-0.1, -0.05) is 40.6 Å². The number of hydrogen-bond donors (Lipinski definition) is 2. The number of ether oxygens (including phenoxy) is 1. The monoisotopic (exact) mass is 479 g/mol. The van der Waals surface area contributed by atoms with Gasteiger partial charge >= 0.3 is 0 Å². The molecule has 4 aromatic rings. The average Bonchev–Trinajstić information content (AvgIpc) is 3.33. The van der Waals surface area contributed by atoms with E-state index < -0.39 is 0 Å². The molecule has 0 aliphatic heterocycles. The highest BCUT2D eigenvalue weighted by molar-refractivity contribution is 7.26. The Morgan fingerprint density at radius 3 is 2.80 bits per heavy atom. The molecule has 3 aromatic heterocycles. The second kappa shape index (κ2) is 9.55. The third kappa shape index (κ3) is 4.91. The summed E-state index contributed by atoms with van der Waals surface area (Å²) in [6, 6.07) is 7.39. The van der Waals surface area contributed by atoms with Crippen LogP contribution >= 0.6 is 45.9 Å². The Bertz CT molecular complexity index is 1130. The van der Waals surface area contributed by atoms with E-state index in [2.05, 4.69) is 10.3 Å². The van der Waals surface area contributed by atoms with E-state index in [9.17, 15) is 0 Å². The van der Waals surface area contributed by atoms with E-state index in [1.54, 1.807) is 42.0 Å². The summed E-state index contributed by atoms with van der Waals surface area (Å²) < 4.78 is 6.38. The van der Waals surface area contributed by atoms with E-state index in [1.807, 2.05) is 24.4 Å². The summed E-state index contributed by atoms with van der Waals surface area (Å²) in [4.78, 5) is 14.6. The number of rotatable bonds is 8. The van der Waals surface area contributed by atoms with E-state index in [0.29, 0.717) is 29.6 Å². The molecule has 3 N–H and O–H groups in total. The van der Waals surface area contributed by atoms with Crippen molar-refractivity contribution in [3.05, 3.63) is 58.0 Å². The first kappa shape index (κ1) is 21.4. The van der Waals surface area contributed by atoms with Crippen LogP contribution in [0.5, 0.6) is 0 Å². The van der Waals surface area contributed by atoms with Gasteiger partial charge < -0.3 is 15.8 Å². The molecule has 0 aliphatic carbocycles. The largest absolute Gasteiger partial charge is 0.378 e. The summed E-state index contributed by atoms with van der Waals surface area (Å²) >= 11 is 15.2. The maximum Gasteiger partial charge on any atom is 0.183 e.